The van der Waals surface area contributed by atoms with Crippen LogP contribution < -0.4 is 10.1 Å². The van der Waals surface area contributed by atoms with Crippen molar-refractivity contribution in [1.29, 1.82) is 0 Å². The lowest BCUT2D eigenvalue weighted by Gasteiger charge is -2.15. The Bertz CT molecular complexity index is 588. The van der Waals surface area contributed by atoms with Crippen LogP contribution in [0.1, 0.15) is 24.1 Å². The van der Waals surface area contributed by atoms with Gasteiger partial charge in [0, 0.05) is 17.1 Å². The number of rotatable bonds is 5. The Morgan fingerprint density at radius 1 is 1.25 bits per heavy atom. The zero-order chi connectivity index (χ0) is 14.5. The lowest BCUT2D eigenvalue weighted by Crippen LogP contribution is -2.18. The summed E-state index contributed by atoms with van der Waals surface area (Å²) in [6.07, 6.45) is 0. The quantitative estimate of drug-likeness (QED) is 0.870. The Hall–Kier alpha value is -1.39. The molecule has 20 heavy (non-hydrogen) atoms. The first-order valence-electron chi connectivity index (χ1n) is 6.41. The van der Waals surface area contributed by atoms with Gasteiger partial charge in [-0.25, -0.2) is 4.39 Å². The second kappa shape index (κ2) is 6.86. The number of nitrogens with one attached hydrogen (secondary N) is 1. The molecule has 1 atom stereocenters. The molecule has 4 heteroatoms. The van der Waals surface area contributed by atoms with Crippen LogP contribution in [0.4, 0.5) is 4.39 Å². The first-order valence-corrected chi connectivity index (χ1v) is 7.20. The van der Waals surface area contributed by atoms with E-state index >= 15 is 0 Å². The van der Waals surface area contributed by atoms with Gasteiger partial charge in [-0.1, -0.05) is 28.1 Å². The summed E-state index contributed by atoms with van der Waals surface area (Å²) in [5.41, 5.74) is 2.04. The third kappa shape index (κ3) is 3.81. The van der Waals surface area contributed by atoms with Crippen LogP contribution in [0.3, 0.4) is 0 Å². The van der Waals surface area contributed by atoms with Crippen molar-refractivity contribution < 1.29 is 9.13 Å². The number of methoxy groups -OCH3 is 1. The minimum absolute atomic E-state index is 0.0730. The third-order valence-electron chi connectivity index (χ3n) is 3.20. The van der Waals surface area contributed by atoms with E-state index in [-0.39, 0.29) is 11.9 Å². The topological polar surface area (TPSA) is 21.3 Å². The number of benzene rings is 2. The molecule has 1 N–H and O–H groups in total. The molecule has 0 spiro atoms. The molecule has 0 heterocycles. The van der Waals surface area contributed by atoms with E-state index in [4.69, 9.17) is 4.74 Å². The highest BCUT2D eigenvalue weighted by molar-refractivity contribution is 9.10. The SMILES string of the molecule is COc1ccc(Br)c(CNC(C)c2cccc(F)c2)c1. The van der Waals surface area contributed by atoms with E-state index in [0.29, 0.717) is 6.54 Å². The third-order valence-corrected chi connectivity index (χ3v) is 3.97. The van der Waals surface area contributed by atoms with Gasteiger partial charge in [-0.05, 0) is 48.4 Å². The zero-order valence-corrected chi connectivity index (χ0v) is 13.1. The Labute approximate surface area is 127 Å². The van der Waals surface area contributed by atoms with E-state index in [1.54, 1.807) is 19.2 Å². The molecule has 0 saturated heterocycles. The van der Waals surface area contributed by atoms with Crippen molar-refractivity contribution in [3.63, 3.8) is 0 Å². The second-order valence-corrected chi connectivity index (χ2v) is 5.47. The molecule has 0 aliphatic heterocycles. The largest absolute Gasteiger partial charge is 0.497 e. The molecule has 2 aromatic carbocycles. The number of hydrogen-bond donors (Lipinski definition) is 1. The number of halogens is 2. The summed E-state index contributed by atoms with van der Waals surface area (Å²) < 4.78 is 19.4. The van der Waals surface area contributed by atoms with E-state index < -0.39 is 0 Å². The summed E-state index contributed by atoms with van der Waals surface area (Å²) >= 11 is 3.52. The summed E-state index contributed by atoms with van der Waals surface area (Å²) in [5.74, 6) is 0.613. The molecule has 2 rings (SSSR count). The van der Waals surface area contributed by atoms with Gasteiger partial charge in [0.1, 0.15) is 11.6 Å². The molecule has 0 saturated carbocycles. The molecule has 2 aromatic rings. The van der Waals surface area contributed by atoms with Crippen LogP contribution in [-0.2, 0) is 6.54 Å². The van der Waals surface area contributed by atoms with Gasteiger partial charge in [0.15, 0.2) is 0 Å². The first-order chi connectivity index (χ1) is 9.60. The lowest BCUT2D eigenvalue weighted by molar-refractivity contribution is 0.413. The summed E-state index contributed by atoms with van der Waals surface area (Å²) in [6, 6.07) is 12.6. The van der Waals surface area contributed by atoms with E-state index in [1.807, 2.05) is 31.2 Å². The molecule has 1 unspecified atom stereocenters. The molecule has 0 radical (unpaired) electrons. The smallest absolute Gasteiger partial charge is 0.123 e. The fourth-order valence-corrected chi connectivity index (χ4v) is 2.36. The summed E-state index contributed by atoms with van der Waals surface area (Å²) in [7, 11) is 1.65. The molecule has 2 nitrogen and oxygen atoms in total. The minimum Gasteiger partial charge on any atom is -0.497 e. The Morgan fingerprint density at radius 3 is 2.75 bits per heavy atom. The van der Waals surface area contributed by atoms with Crippen LogP contribution in [0.5, 0.6) is 5.75 Å². The van der Waals surface area contributed by atoms with E-state index in [2.05, 4.69) is 21.2 Å². The predicted molar refractivity (Wildman–Crippen MR) is 82.3 cm³/mol. The maximum Gasteiger partial charge on any atom is 0.123 e. The minimum atomic E-state index is -0.210. The summed E-state index contributed by atoms with van der Waals surface area (Å²) in [4.78, 5) is 0. The average molecular weight is 338 g/mol. The Balaban J connectivity index is 2.05. The normalized spacial score (nSPS) is 12.2. The van der Waals surface area contributed by atoms with Gasteiger partial charge in [0.2, 0.25) is 0 Å². The van der Waals surface area contributed by atoms with E-state index in [0.717, 1.165) is 21.3 Å². The number of hydrogen-bond acceptors (Lipinski definition) is 2. The standard InChI is InChI=1S/C16H17BrFNO/c1-11(12-4-3-5-14(18)8-12)19-10-13-9-15(20-2)6-7-16(13)17/h3-9,11,19H,10H2,1-2H3. The van der Waals surface area contributed by atoms with Crippen LogP contribution in [0, 0.1) is 5.82 Å². The molecule has 0 aliphatic rings. The van der Waals surface area contributed by atoms with Crippen molar-refractivity contribution in [3.8, 4) is 5.75 Å². The van der Waals surface area contributed by atoms with Crippen LogP contribution in [-0.4, -0.2) is 7.11 Å². The van der Waals surface area contributed by atoms with Crippen molar-refractivity contribution in [1.82, 2.24) is 5.32 Å². The van der Waals surface area contributed by atoms with Gasteiger partial charge >= 0.3 is 0 Å². The lowest BCUT2D eigenvalue weighted by atomic mass is 10.1. The summed E-state index contributed by atoms with van der Waals surface area (Å²) in [5, 5.41) is 3.38. The van der Waals surface area contributed by atoms with E-state index in [9.17, 15) is 4.39 Å². The van der Waals surface area contributed by atoms with Gasteiger partial charge < -0.3 is 10.1 Å². The van der Waals surface area contributed by atoms with Crippen LogP contribution in [0.15, 0.2) is 46.9 Å². The van der Waals surface area contributed by atoms with Gasteiger partial charge in [-0.3, -0.25) is 0 Å². The Morgan fingerprint density at radius 2 is 2.05 bits per heavy atom. The predicted octanol–water partition coefficient (Wildman–Crippen LogP) is 4.45. The summed E-state index contributed by atoms with van der Waals surface area (Å²) in [6.45, 7) is 2.69. The first kappa shape index (κ1) is 15.0. The Kier molecular flexibility index (Phi) is 5.15. The van der Waals surface area contributed by atoms with Crippen molar-refractivity contribution in [2.24, 2.45) is 0 Å². The van der Waals surface area contributed by atoms with Crippen LogP contribution in [0.2, 0.25) is 0 Å². The zero-order valence-electron chi connectivity index (χ0n) is 11.5. The average Bonchev–Trinajstić information content (AvgIpc) is 2.46. The van der Waals surface area contributed by atoms with Crippen LogP contribution >= 0.6 is 15.9 Å². The maximum absolute atomic E-state index is 13.2. The van der Waals surface area contributed by atoms with Gasteiger partial charge in [-0.15, -0.1) is 0 Å². The molecule has 0 bridgehead atoms. The van der Waals surface area contributed by atoms with Crippen molar-refractivity contribution >= 4 is 15.9 Å². The molecule has 0 aromatic heterocycles. The highest BCUT2D eigenvalue weighted by atomic mass is 79.9. The van der Waals surface area contributed by atoms with Crippen molar-refractivity contribution in [3.05, 3.63) is 63.9 Å². The highest BCUT2D eigenvalue weighted by Gasteiger charge is 2.08. The molecule has 0 amide bonds. The monoisotopic (exact) mass is 337 g/mol. The fraction of sp³-hybridized carbons (Fsp3) is 0.250. The van der Waals surface area contributed by atoms with Gasteiger partial charge in [0.05, 0.1) is 7.11 Å². The van der Waals surface area contributed by atoms with E-state index in [1.165, 1.54) is 6.07 Å². The molecule has 0 aliphatic carbocycles. The molecular formula is C16H17BrFNO. The fourth-order valence-electron chi connectivity index (χ4n) is 1.97. The van der Waals surface area contributed by atoms with Gasteiger partial charge in [0.25, 0.3) is 0 Å². The molecule has 0 fully saturated rings. The second-order valence-electron chi connectivity index (χ2n) is 4.61. The highest BCUT2D eigenvalue weighted by Crippen LogP contribution is 2.23. The van der Waals surface area contributed by atoms with Crippen LogP contribution in [0.25, 0.3) is 0 Å². The number of ether oxygens (including phenoxy) is 1. The molecular weight excluding hydrogens is 321 g/mol. The van der Waals surface area contributed by atoms with Crippen molar-refractivity contribution in [2.75, 3.05) is 7.11 Å². The van der Waals surface area contributed by atoms with Gasteiger partial charge in [-0.2, -0.15) is 0 Å². The van der Waals surface area contributed by atoms with Crippen molar-refractivity contribution in [2.45, 2.75) is 19.5 Å². The molecule has 106 valence electrons. The maximum atomic E-state index is 13.2.